The van der Waals surface area contributed by atoms with Crippen LogP contribution in [0, 0.1) is 13.8 Å². The van der Waals surface area contributed by atoms with Crippen LogP contribution in [0.25, 0.3) is 0 Å². The molecule has 0 aromatic heterocycles. The molecular weight excluding hydrogens is 408 g/mol. The Morgan fingerprint density at radius 1 is 0.550 bits per heavy atom. The molecule has 6 heteroatoms. The van der Waals surface area contributed by atoms with Gasteiger partial charge < -0.3 is 50.5 Å². The molecule has 0 saturated heterocycles. The smallest absolute Gasteiger partial charge is 0.781 e. The van der Waals surface area contributed by atoms with E-state index in [1.54, 1.807) is 0 Å². The molecule has 2 aromatic rings. The quantitative estimate of drug-likeness (QED) is 0.472. The molecule has 0 unspecified atom stereocenters. The van der Waals surface area contributed by atoms with Crippen LogP contribution in [0.3, 0.4) is 0 Å². The monoisotopic (exact) mass is 420 g/mol. The van der Waals surface area contributed by atoms with Crippen LogP contribution in [0.4, 0.5) is 0 Å². The molecule has 0 atom stereocenters. The standard InChI is InChI=1S/2C7H8S2.2Fe/c2*1-5-2-3-6(8)7(9)4-5;;/h2*2-4,8-9H,1H3;;/q;;2*+2/p-4. The van der Waals surface area contributed by atoms with Gasteiger partial charge in [0, 0.05) is 0 Å². The Labute approximate surface area is 164 Å². The summed E-state index contributed by atoms with van der Waals surface area (Å²) >= 11 is 19.7. The largest absolute Gasteiger partial charge is 2.00 e. The zero-order chi connectivity index (χ0) is 13.7. The minimum atomic E-state index is 0. The van der Waals surface area contributed by atoms with Crippen LogP contribution in [-0.2, 0) is 84.7 Å². The molecule has 0 amide bonds. The summed E-state index contributed by atoms with van der Waals surface area (Å²) in [7, 11) is 0. The third-order valence-electron chi connectivity index (χ3n) is 2.20. The fourth-order valence-corrected chi connectivity index (χ4v) is 1.99. The number of rotatable bonds is 0. The van der Waals surface area contributed by atoms with Crippen molar-refractivity contribution in [2.75, 3.05) is 0 Å². The van der Waals surface area contributed by atoms with Crippen LogP contribution in [0.5, 0.6) is 0 Å². The fourth-order valence-electron chi connectivity index (χ4n) is 1.23. The van der Waals surface area contributed by atoms with E-state index >= 15 is 0 Å². The molecule has 108 valence electrons. The number of hydrogen-bond acceptors (Lipinski definition) is 4. The molecule has 0 N–H and O–H groups in total. The van der Waals surface area contributed by atoms with Crippen molar-refractivity contribution in [2.45, 2.75) is 33.4 Å². The van der Waals surface area contributed by atoms with Crippen LogP contribution in [0.15, 0.2) is 56.0 Å². The van der Waals surface area contributed by atoms with Crippen molar-refractivity contribution >= 4 is 50.5 Å². The molecule has 0 fully saturated rings. The van der Waals surface area contributed by atoms with E-state index in [-0.39, 0.29) is 34.1 Å². The van der Waals surface area contributed by atoms with Crippen LogP contribution < -0.4 is 0 Å². The Morgan fingerprint density at radius 3 is 1.05 bits per heavy atom. The van der Waals surface area contributed by atoms with Gasteiger partial charge in [-0.25, -0.2) is 0 Å². The van der Waals surface area contributed by atoms with Crippen molar-refractivity contribution in [2.24, 2.45) is 0 Å². The Kier molecular flexibility index (Phi) is 12.4. The molecule has 0 aliphatic rings. The summed E-state index contributed by atoms with van der Waals surface area (Å²) in [6.07, 6.45) is 0. The second-order valence-corrected chi connectivity index (χ2v) is 5.66. The molecule has 0 nitrogen and oxygen atoms in total. The van der Waals surface area contributed by atoms with E-state index < -0.39 is 0 Å². The second kappa shape index (κ2) is 11.0. The molecule has 0 bridgehead atoms. The van der Waals surface area contributed by atoms with Gasteiger partial charge in [0.15, 0.2) is 0 Å². The molecule has 2 rings (SSSR count). The van der Waals surface area contributed by atoms with Crippen LogP contribution in [0.2, 0.25) is 0 Å². The van der Waals surface area contributed by atoms with E-state index in [9.17, 15) is 0 Å². The van der Waals surface area contributed by atoms with Gasteiger partial charge in [0.25, 0.3) is 0 Å². The van der Waals surface area contributed by atoms with Crippen molar-refractivity contribution in [1.82, 2.24) is 0 Å². The second-order valence-electron chi connectivity index (χ2n) is 3.90. The molecule has 0 aliphatic carbocycles. The molecule has 0 spiro atoms. The third kappa shape index (κ3) is 7.96. The zero-order valence-corrected chi connectivity index (χ0v) is 16.3. The molecule has 0 heterocycles. The molecule has 20 heavy (non-hydrogen) atoms. The van der Waals surface area contributed by atoms with Crippen LogP contribution in [-0.4, -0.2) is 0 Å². The zero-order valence-electron chi connectivity index (χ0n) is 10.8. The topological polar surface area (TPSA) is 0 Å². The summed E-state index contributed by atoms with van der Waals surface area (Å²) in [4.78, 5) is 3.11. The van der Waals surface area contributed by atoms with Gasteiger partial charge in [0.1, 0.15) is 0 Å². The van der Waals surface area contributed by atoms with E-state index in [2.05, 4.69) is 0 Å². The Bertz CT molecular complexity index is 495. The van der Waals surface area contributed by atoms with Crippen LogP contribution >= 0.6 is 0 Å². The first-order valence-electron chi connectivity index (χ1n) is 5.29. The van der Waals surface area contributed by atoms with Crippen molar-refractivity contribution in [3.05, 3.63) is 47.5 Å². The summed E-state index contributed by atoms with van der Waals surface area (Å²) in [5, 5.41) is 0. The van der Waals surface area contributed by atoms with Gasteiger partial charge in [-0.05, 0) is 13.8 Å². The Morgan fingerprint density at radius 2 is 0.850 bits per heavy atom. The predicted molar refractivity (Wildman–Crippen MR) is 84.9 cm³/mol. The van der Waals surface area contributed by atoms with Gasteiger partial charge in [-0.1, -0.05) is 47.5 Å². The molecule has 2 aromatic carbocycles. The average molecular weight is 420 g/mol. The molecule has 0 aliphatic heterocycles. The van der Waals surface area contributed by atoms with Gasteiger partial charge in [0.2, 0.25) is 0 Å². The van der Waals surface area contributed by atoms with E-state index in [1.165, 1.54) is 11.1 Å². The number of aryl methyl sites for hydroxylation is 2. The van der Waals surface area contributed by atoms with E-state index in [0.29, 0.717) is 0 Å². The molecule has 0 saturated carbocycles. The molecule has 0 radical (unpaired) electrons. The van der Waals surface area contributed by atoms with Crippen molar-refractivity contribution in [3.8, 4) is 0 Å². The maximum Gasteiger partial charge on any atom is 2.00 e. The maximum atomic E-state index is 4.94. The normalized spacial score (nSPS) is 8.50. The van der Waals surface area contributed by atoms with Crippen molar-refractivity contribution in [3.63, 3.8) is 0 Å². The fraction of sp³-hybridized carbons (Fsp3) is 0.143. The Balaban J connectivity index is 0. The number of hydrogen-bond donors (Lipinski definition) is 0. The SMILES string of the molecule is Cc1ccc([S-])c([S-])c1.Cc1ccc([S-])c([S-])c1.[Fe+2].[Fe+2]. The van der Waals surface area contributed by atoms with E-state index in [1.807, 2.05) is 50.2 Å². The first-order valence-corrected chi connectivity index (χ1v) is 6.93. The minimum Gasteiger partial charge on any atom is -0.781 e. The first kappa shape index (κ1) is 22.6. The first-order chi connectivity index (χ1) is 8.40. The number of benzene rings is 2. The summed E-state index contributed by atoms with van der Waals surface area (Å²) < 4.78 is 0. The summed E-state index contributed by atoms with van der Waals surface area (Å²) in [5.74, 6) is 0. The van der Waals surface area contributed by atoms with Crippen molar-refractivity contribution < 1.29 is 34.1 Å². The summed E-state index contributed by atoms with van der Waals surface area (Å²) in [5.41, 5.74) is 2.35. The predicted octanol–water partition coefficient (Wildman–Crippen LogP) is 3.61. The van der Waals surface area contributed by atoms with E-state index in [0.717, 1.165) is 19.6 Å². The third-order valence-corrected chi connectivity index (χ3v) is 3.84. The van der Waals surface area contributed by atoms with Gasteiger partial charge in [-0.3, -0.25) is 0 Å². The van der Waals surface area contributed by atoms with E-state index in [4.69, 9.17) is 50.5 Å². The van der Waals surface area contributed by atoms with Gasteiger partial charge in [0.05, 0.1) is 0 Å². The van der Waals surface area contributed by atoms with Gasteiger partial charge in [-0.2, -0.15) is 19.6 Å². The van der Waals surface area contributed by atoms with Crippen molar-refractivity contribution in [1.29, 1.82) is 0 Å². The van der Waals surface area contributed by atoms with Gasteiger partial charge in [-0.15, -0.1) is 0 Å². The Hall–Kier alpha value is 0.359. The van der Waals surface area contributed by atoms with Gasteiger partial charge >= 0.3 is 34.1 Å². The summed E-state index contributed by atoms with van der Waals surface area (Å²) in [6, 6.07) is 11.5. The summed E-state index contributed by atoms with van der Waals surface area (Å²) in [6.45, 7) is 4.01. The minimum absolute atomic E-state index is 0. The maximum absolute atomic E-state index is 4.94. The average Bonchev–Trinajstić information content (AvgIpc) is 2.30. The molecular formula is C14H12Fe2S4. The van der Waals surface area contributed by atoms with Crippen LogP contribution in [0.1, 0.15) is 11.1 Å².